The molecular formula is C11H12Br2N4S. The molecule has 2 rings (SSSR count). The van der Waals surface area contributed by atoms with Crippen molar-refractivity contribution < 1.29 is 0 Å². The van der Waals surface area contributed by atoms with E-state index in [1.807, 2.05) is 25.2 Å². The first kappa shape index (κ1) is 14.0. The molecule has 1 aromatic heterocycles. The third-order valence-corrected chi connectivity index (χ3v) is 5.14. The average molecular weight is 392 g/mol. The standard InChI is InChI=1S/C11H12Br2N4S/c1-17-10(11(13)15-16-17)8(14)6-18-9-5-3-2-4-7(9)12/h2-5,8H,6,14H2,1H3. The van der Waals surface area contributed by atoms with Crippen LogP contribution in [-0.2, 0) is 7.05 Å². The third kappa shape index (κ3) is 3.14. The van der Waals surface area contributed by atoms with Gasteiger partial charge in [-0.3, -0.25) is 0 Å². The molecule has 0 amide bonds. The summed E-state index contributed by atoms with van der Waals surface area (Å²) < 4.78 is 3.50. The number of hydrogen-bond acceptors (Lipinski definition) is 4. The van der Waals surface area contributed by atoms with Crippen molar-refractivity contribution in [2.45, 2.75) is 10.9 Å². The summed E-state index contributed by atoms with van der Waals surface area (Å²) in [6, 6.07) is 7.99. The van der Waals surface area contributed by atoms with E-state index in [4.69, 9.17) is 5.73 Å². The van der Waals surface area contributed by atoms with Crippen LogP contribution < -0.4 is 5.73 Å². The zero-order valence-electron chi connectivity index (χ0n) is 9.68. The van der Waals surface area contributed by atoms with Gasteiger partial charge in [-0.25, -0.2) is 4.68 Å². The maximum absolute atomic E-state index is 6.17. The molecule has 0 fully saturated rings. The Balaban J connectivity index is 2.05. The normalized spacial score (nSPS) is 12.7. The van der Waals surface area contributed by atoms with Crippen LogP contribution >= 0.6 is 43.6 Å². The van der Waals surface area contributed by atoms with Crippen molar-refractivity contribution in [2.24, 2.45) is 12.8 Å². The van der Waals surface area contributed by atoms with Crippen molar-refractivity contribution in [1.29, 1.82) is 0 Å². The van der Waals surface area contributed by atoms with E-state index in [2.05, 4.69) is 48.2 Å². The molecule has 1 aromatic carbocycles. The monoisotopic (exact) mass is 390 g/mol. The number of nitrogens with two attached hydrogens (primary N) is 1. The van der Waals surface area contributed by atoms with E-state index in [9.17, 15) is 0 Å². The van der Waals surface area contributed by atoms with Crippen LogP contribution in [0.3, 0.4) is 0 Å². The molecule has 0 aliphatic rings. The van der Waals surface area contributed by atoms with E-state index in [1.54, 1.807) is 16.4 Å². The fourth-order valence-electron chi connectivity index (χ4n) is 1.55. The molecule has 18 heavy (non-hydrogen) atoms. The molecule has 0 spiro atoms. The Morgan fingerprint density at radius 1 is 1.39 bits per heavy atom. The molecular weight excluding hydrogens is 380 g/mol. The Morgan fingerprint density at radius 2 is 2.11 bits per heavy atom. The molecule has 7 heteroatoms. The predicted molar refractivity (Wildman–Crippen MR) is 80.5 cm³/mol. The number of thioether (sulfide) groups is 1. The first-order chi connectivity index (χ1) is 8.59. The van der Waals surface area contributed by atoms with Crippen LogP contribution in [-0.4, -0.2) is 20.7 Å². The number of halogens is 2. The van der Waals surface area contributed by atoms with E-state index in [0.29, 0.717) is 4.60 Å². The fraction of sp³-hybridized carbons (Fsp3) is 0.273. The van der Waals surface area contributed by atoms with Gasteiger partial charge in [0, 0.05) is 22.2 Å². The molecule has 1 atom stereocenters. The molecule has 0 saturated carbocycles. The van der Waals surface area contributed by atoms with Crippen molar-refractivity contribution >= 4 is 43.6 Å². The highest BCUT2D eigenvalue weighted by Crippen LogP contribution is 2.30. The lowest BCUT2D eigenvalue weighted by Gasteiger charge is -2.12. The first-order valence-corrected chi connectivity index (χ1v) is 7.84. The lowest BCUT2D eigenvalue weighted by atomic mass is 10.3. The second-order valence-electron chi connectivity index (χ2n) is 3.74. The van der Waals surface area contributed by atoms with Crippen LogP contribution in [0.4, 0.5) is 0 Å². The molecule has 0 bridgehead atoms. The summed E-state index contributed by atoms with van der Waals surface area (Å²) in [6.45, 7) is 0. The van der Waals surface area contributed by atoms with Gasteiger partial charge in [0.2, 0.25) is 0 Å². The molecule has 0 saturated heterocycles. The SMILES string of the molecule is Cn1nnc(Br)c1C(N)CSc1ccccc1Br. The highest BCUT2D eigenvalue weighted by Gasteiger charge is 2.16. The van der Waals surface area contributed by atoms with E-state index < -0.39 is 0 Å². The highest BCUT2D eigenvalue weighted by atomic mass is 79.9. The molecule has 1 heterocycles. The Labute approximate surface area is 127 Å². The van der Waals surface area contributed by atoms with Gasteiger partial charge in [-0.05, 0) is 44.0 Å². The van der Waals surface area contributed by atoms with E-state index >= 15 is 0 Å². The zero-order valence-corrected chi connectivity index (χ0v) is 13.7. The summed E-state index contributed by atoms with van der Waals surface area (Å²) in [7, 11) is 1.84. The predicted octanol–water partition coefficient (Wildman–Crippen LogP) is 3.13. The minimum atomic E-state index is -0.114. The smallest absolute Gasteiger partial charge is 0.153 e. The van der Waals surface area contributed by atoms with Gasteiger partial charge in [0.05, 0.1) is 11.7 Å². The van der Waals surface area contributed by atoms with Crippen molar-refractivity contribution in [3.8, 4) is 0 Å². The van der Waals surface area contributed by atoms with Crippen molar-refractivity contribution in [3.05, 3.63) is 39.0 Å². The number of rotatable bonds is 4. The summed E-state index contributed by atoms with van der Waals surface area (Å²) in [5, 5.41) is 7.87. The van der Waals surface area contributed by atoms with E-state index in [1.165, 1.54) is 4.90 Å². The molecule has 0 aliphatic heterocycles. The topological polar surface area (TPSA) is 56.7 Å². The third-order valence-electron chi connectivity index (χ3n) is 2.43. The highest BCUT2D eigenvalue weighted by molar-refractivity contribution is 9.10. The molecule has 0 aliphatic carbocycles. The van der Waals surface area contributed by atoms with Crippen LogP contribution in [0, 0.1) is 0 Å². The quantitative estimate of drug-likeness (QED) is 0.813. The Kier molecular flexibility index (Phi) is 4.83. The van der Waals surface area contributed by atoms with Gasteiger partial charge < -0.3 is 5.73 Å². The van der Waals surface area contributed by atoms with Crippen LogP contribution in [0.15, 0.2) is 38.2 Å². The van der Waals surface area contributed by atoms with Gasteiger partial charge in [-0.2, -0.15) is 0 Å². The number of benzene rings is 1. The maximum atomic E-state index is 6.17. The number of hydrogen-bond donors (Lipinski definition) is 1. The summed E-state index contributed by atoms with van der Waals surface area (Å²) in [6.07, 6.45) is 0. The molecule has 2 N–H and O–H groups in total. The van der Waals surface area contributed by atoms with Crippen LogP contribution in [0.5, 0.6) is 0 Å². The first-order valence-electron chi connectivity index (χ1n) is 5.27. The summed E-state index contributed by atoms with van der Waals surface area (Å²) in [4.78, 5) is 1.18. The number of aryl methyl sites for hydroxylation is 1. The Morgan fingerprint density at radius 3 is 2.72 bits per heavy atom. The second-order valence-corrected chi connectivity index (χ2v) is 6.40. The molecule has 2 aromatic rings. The average Bonchev–Trinajstić information content (AvgIpc) is 2.68. The molecule has 1 unspecified atom stereocenters. The van der Waals surface area contributed by atoms with Crippen molar-refractivity contribution in [1.82, 2.24) is 15.0 Å². The zero-order chi connectivity index (χ0) is 13.1. The molecule has 4 nitrogen and oxygen atoms in total. The van der Waals surface area contributed by atoms with Gasteiger partial charge in [-0.1, -0.05) is 17.3 Å². The van der Waals surface area contributed by atoms with Gasteiger partial charge in [0.1, 0.15) is 0 Å². The van der Waals surface area contributed by atoms with Gasteiger partial charge in [0.15, 0.2) is 4.60 Å². The van der Waals surface area contributed by atoms with Crippen LogP contribution in [0.1, 0.15) is 11.7 Å². The van der Waals surface area contributed by atoms with E-state index in [0.717, 1.165) is 15.9 Å². The fourth-order valence-corrected chi connectivity index (χ4v) is 3.70. The lowest BCUT2D eigenvalue weighted by Crippen LogP contribution is -2.17. The summed E-state index contributed by atoms with van der Waals surface area (Å²) in [5.74, 6) is 0.766. The Bertz CT molecular complexity index is 524. The second kappa shape index (κ2) is 6.18. The maximum Gasteiger partial charge on any atom is 0.153 e. The minimum absolute atomic E-state index is 0.114. The summed E-state index contributed by atoms with van der Waals surface area (Å²) in [5.41, 5.74) is 7.08. The van der Waals surface area contributed by atoms with Crippen LogP contribution in [0.2, 0.25) is 0 Å². The van der Waals surface area contributed by atoms with E-state index in [-0.39, 0.29) is 6.04 Å². The van der Waals surface area contributed by atoms with Crippen molar-refractivity contribution in [3.63, 3.8) is 0 Å². The van der Waals surface area contributed by atoms with Crippen LogP contribution in [0.25, 0.3) is 0 Å². The van der Waals surface area contributed by atoms with Crippen molar-refractivity contribution in [2.75, 3.05) is 5.75 Å². The molecule has 0 radical (unpaired) electrons. The minimum Gasteiger partial charge on any atom is -0.322 e. The van der Waals surface area contributed by atoms with Gasteiger partial charge in [0.25, 0.3) is 0 Å². The Hall–Kier alpha value is -0.370. The molecule has 96 valence electrons. The number of aromatic nitrogens is 3. The largest absolute Gasteiger partial charge is 0.322 e. The van der Waals surface area contributed by atoms with Gasteiger partial charge in [-0.15, -0.1) is 16.9 Å². The number of nitrogens with zero attached hydrogens (tertiary/aromatic N) is 3. The van der Waals surface area contributed by atoms with Gasteiger partial charge >= 0.3 is 0 Å². The lowest BCUT2D eigenvalue weighted by molar-refractivity contribution is 0.640. The summed E-state index contributed by atoms with van der Waals surface area (Å²) >= 11 is 8.60.